The molecule has 1 aliphatic heterocycles. The molecule has 0 radical (unpaired) electrons. The molecule has 0 N–H and O–H groups in total. The van der Waals surface area contributed by atoms with Crippen LogP contribution in [-0.4, -0.2) is 24.1 Å². The van der Waals surface area contributed by atoms with Gasteiger partial charge < -0.3 is 4.90 Å². The summed E-state index contributed by atoms with van der Waals surface area (Å²) in [5.74, 6) is 0. The van der Waals surface area contributed by atoms with Gasteiger partial charge in [0.25, 0.3) is 0 Å². The summed E-state index contributed by atoms with van der Waals surface area (Å²) in [5.41, 5.74) is 3.27. The number of likely N-dealkylation sites (N-methyl/N-ethyl adjacent to an activating group) is 1. The summed E-state index contributed by atoms with van der Waals surface area (Å²) in [6, 6.07) is 18.6. The molecule has 1 aliphatic rings. The fourth-order valence-electron chi connectivity index (χ4n) is 2.80. The van der Waals surface area contributed by atoms with Crippen molar-refractivity contribution in [3.63, 3.8) is 0 Å². The van der Waals surface area contributed by atoms with Gasteiger partial charge in [-0.3, -0.25) is 4.79 Å². The van der Waals surface area contributed by atoms with Crippen molar-refractivity contribution in [2.45, 2.75) is 11.3 Å². The Morgan fingerprint density at radius 2 is 1.65 bits per heavy atom. The molecule has 3 rings (SSSR count). The van der Waals surface area contributed by atoms with Crippen LogP contribution in [0.15, 0.2) is 54.6 Å². The van der Waals surface area contributed by atoms with Gasteiger partial charge in [-0.2, -0.15) is 0 Å². The van der Waals surface area contributed by atoms with Gasteiger partial charge in [0.05, 0.1) is 11.3 Å². The molecule has 1 heterocycles. The fraction of sp³-hybridized carbons (Fsp3) is 0.235. The third kappa shape index (κ3) is 2.28. The molecule has 0 saturated heterocycles. The molecular weight excluding hydrogens is 266 g/mol. The second-order valence-corrected chi connectivity index (χ2v) is 6.35. The summed E-state index contributed by atoms with van der Waals surface area (Å²) in [6.07, 6.45) is 0. The van der Waals surface area contributed by atoms with Crippen molar-refractivity contribution in [1.29, 1.82) is 0 Å². The predicted molar refractivity (Wildman–Crippen MR) is 84.0 cm³/mol. The number of fused-ring (bicyclic) bond motifs is 1. The van der Waals surface area contributed by atoms with Crippen LogP contribution in [0.4, 0.5) is 0 Å². The number of hydrogen-bond donors (Lipinski definition) is 0. The van der Waals surface area contributed by atoms with Gasteiger partial charge in [-0.25, -0.2) is 0 Å². The smallest absolute Gasteiger partial charge is 0.220 e. The Bertz CT molecular complexity index is 624. The Balaban J connectivity index is 2.05. The van der Waals surface area contributed by atoms with Crippen molar-refractivity contribution < 1.29 is 4.79 Å². The average molecular weight is 283 g/mol. The number of benzene rings is 2. The van der Waals surface area contributed by atoms with E-state index in [9.17, 15) is 4.79 Å². The molecule has 3 heteroatoms. The lowest BCUT2D eigenvalue weighted by atomic mass is 9.95. The Morgan fingerprint density at radius 3 is 2.35 bits per heavy atom. The molecule has 0 amide bonds. The maximum atomic E-state index is 12.2. The van der Waals surface area contributed by atoms with Crippen LogP contribution in [0.25, 0.3) is 0 Å². The van der Waals surface area contributed by atoms with Gasteiger partial charge in [0.2, 0.25) is 5.12 Å². The molecule has 20 heavy (non-hydrogen) atoms. The zero-order valence-electron chi connectivity index (χ0n) is 11.6. The predicted octanol–water partition coefficient (Wildman–Crippen LogP) is 3.92. The number of rotatable bonds is 3. The highest BCUT2D eigenvalue weighted by Gasteiger charge is 2.37. The van der Waals surface area contributed by atoms with Crippen LogP contribution < -0.4 is 0 Å². The molecule has 0 fully saturated rings. The van der Waals surface area contributed by atoms with Gasteiger partial charge in [-0.1, -0.05) is 66.4 Å². The molecule has 2 aromatic carbocycles. The summed E-state index contributed by atoms with van der Waals surface area (Å²) >= 11 is 1.45. The van der Waals surface area contributed by atoms with E-state index in [0.29, 0.717) is 0 Å². The van der Waals surface area contributed by atoms with Crippen molar-refractivity contribution in [1.82, 2.24) is 4.90 Å². The summed E-state index contributed by atoms with van der Waals surface area (Å²) in [4.78, 5) is 14.4. The molecule has 0 aromatic heterocycles. The maximum absolute atomic E-state index is 12.2. The van der Waals surface area contributed by atoms with Gasteiger partial charge in [0.15, 0.2) is 0 Å². The molecule has 0 aliphatic carbocycles. The van der Waals surface area contributed by atoms with Crippen molar-refractivity contribution in [3.8, 4) is 0 Å². The zero-order valence-corrected chi connectivity index (χ0v) is 12.4. The minimum Gasteiger partial charge on any atom is -0.301 e. The van der Waals surface area contributed by atoms with E-state index >= 15 is 0 Å². The van der Waals surface area contributed by atoms with Gasteiger partial charge in [0, 0.05) is 5.56 Å². The van der Waals surface area contributed by atoms with Crippen molar-refractivity contribution >= 4 is 16.9 Å². The topological polar surface area (TPSA) is 20.3 Å². The van der Waals surface area contributed by atoms with Crippen LogP contribution in [0.2, 0.25) is 0 Å². The van der Waals surface area contributed by atoms with Gasteiger partial charge in [0.1, 0.15) is 0 Å². The Labute approximate surface area is 123 Å². The largest absolute Gasteiger partial charge is 0.301 e. The Morgan fingerprint density at radius 1 is 1.00 bits per heavy atom. The van der Waals surface area contributed by atoms with E-state index in [0.717, 1.165) is 11.1 Å². The van der Waals surface area contributed by atoms with Crippen LogP contribution in [0, 0.1) is 0 Å². The summed E-state index contributed by atoms with van der Waals surface area (Å²) in [7, 11) is 4.15. The maximum Gasteiger partial charge on any atom is 0.220 e. The van der Waals surface area contributed by atoms with Gasteiger partial charge in [-0.15, -0.1) is 0 Å². The van der Waals surface area contributed by atoms with Crippen molar-refractivity contribution in [3.05, 3.63) is 71.3 Å². The van der Waals surface area contributed by atoms with Crippen molar-refractivity contribution in [2.75, 3.05) is 14.1 Å². The van der Waals surface area contributed by atoms with Crippen LogP contribution in [0.1, 0.15) is 32.8 Å². The second-order valence-electron chi connectivity index (χ2n) is 5.23. The van der Waals surface area contributed by atoms with E-state index in [1.165, 1.54) is 17.3 Å². The molecule has 102 valence electrons. The summed E-state index contributed by atoms with van der Waals surface area (Å²) < 4.78 is 0. The first kappa shape index (κ1) is 13.4. The number of carbonyl (C=O) groups is 1. The van der Waals surface area contributed by atoms with Gasteiger partial charge >= 0.3 is 0 Å². The van der Waals surface area contributed by atoms with E-state index in [4.69, 9.17) is 0 Å². The quantitative estimate of drug-likeness (QED) is 0.851. The SMILES string of the molecule is CN(C)C(c1ccccc1)C1SC(=O)c2ccccc21. The molecule has 0 saturated carbocycles. The summed E-state index contributed by atoms with van der Waals surface area (Å²) in [6.45, 7) is 0. The van der Waals surface area contributed by atoms with E-state index in [1.807, 2.05) is 24.3 Å². The molecule has 2 aromatic rings. The second kappa shape index (κ2) is 5.43. The monoisotopic (exact) mass is 283 g/mol. The Hall–Kier alpha value is -1.58. The fourth-order valence-corrected chi connectivity index (χ4v) is 4.21. The standard InChI is InChI=1S/C17H17NOS/c1-18(2)15(12-8-4-3-5-9-12)16-13-10-6-7-11-14(13)17(19)20-16/h3-11,15-16H,1-2H3. The van der Waals surface area contributed by atoms with E-state index in [-0.39, 0.29) is 16.4 Å². The summed E-state index contributed by atoms with van der Waals surface area (Å²) in [5, 5.41) is 0.351. The highest BCUT2D eigenvalue weighted by Crippen LogP contribution is 2.50. The molecule has 0 spiro atoms. The van der Waals surface area contributed by atoms with E-state index < -0.39 is 0 Å². The highest BCUT2D eigenvalue weighted by molar-refractivity contribution is 8.14. The van der Waals surface area contributed by atoms with Crippen LogP contribution in [-0.2, 0) is 0 Å². The van der Waals surface area contributed by atoms with Gasteiger partial charge in [-0.05, 0) is 25.2 Å². The first-order valence-electron chi connectivity index (χ1n) is 6.70. The lowest BCUT2D eigenvalue weighted by Crippen LogP contribution is -2.24. The zero-order chi connectivity index (χ0) is 14.1. The third-order valence-corrected chi connectivity index (χ3v) is 4.91. The highest BCUT2D eigenvalue weighted by atomic mass is 32.2. The first-order chi connectivity index (χ1) is 9.68. The average Bonchev–Trinajstić information content (AvgIpc) is 2.78. The molecule has 2 atom stereocenters. The third-order valence-electron chi connectivity index (χ3n) is 3.71. The number of carbonyl (C=O) groups excluding carboxylic acids is 1. The number of hydrogen-bond acceptors (Lipinski definition) is 3. The minimum atomic E-state index is 0.163. The van der Waals surface area contributed by atoms with Crippen LogP contribution in [0.3, 0.4) is 0 Å². The molecule has 0 bridgehead atoms. The van der Waals surface area contributed by atoms with Crippen LogP contribution >= 0.6 is 11.8 Å². The lowest BCUT2D eigenvalue weighted by molar-refractivity contribution is 0.109. The normalized spacial score (nSPS) is 19.1. The molecule has 2 nitrogen and oxygen atoms in total. The van der Waals surface area contributed by atoms with E-state index in [2.05, 4.69) is 49.3 Å². The Kier molecular flexibility index (Phi) is 3.64. The number of nitrogens with zero attached hydrogens (tertiary/aromatic N) is 1. The van der Waals surface area contributed by atoms with E-state index in [1.54, 1.807) is 0 Å². The minimum absolute atomic E-state index is 0.163. The number of thioether (sulfide) groups is 1. The molecule has 2 unspecified atom stereocenters. The van der Waals surface area contributed by atoms with Crippen molar-refractivity contribution in [2.24, 2.45) is 0 Å². The first-order valence-corrected chi connectivity index (χ1v) is 7.57. The molecular formula is C17H17NOS. The lowest BCUT2D eigenvalue weighted by Gasteiger charge is -2.30. The van der Waals surface area contributed by atoms with Crippen LogP contribution in [0.5, 0.6) is 0 Å².